The van der Waals surface area contributed by atoms with Crippen molar-refractivity contribution in [3.05, 3.63) is 12.3 Å². The van der Waals surface area contributed by atoms with Crippen LogP contribution in [0.1, 0.15) is 12.8 Å². The normalized spacial score (nSPS) is 27.2. The molecule has 0 aliphatic carbocycles. The van der Waals surface area contributed by atoms with Gasteiger partial charge in [0.05, 0.1) is 6.10 Å². The fourth-order valence-electron chi connectivity index (χ4n) is 1.22. The monoisotopic (exact) mass is 141 g/mol. The lowest BCUT2D eigenvalue weighted by Gasteiger charge is -2.31. The largest absolute Gasteiger partial charge is 0.381 e. The molecule has 0 radical (unpaired) electrons. The predicted octanol–water partition coefficient (Wildman–Crippen LogP) is 1.24. The molecule has 1 unspecified atom stereocenters. The van der Waals surface area contributed by atoms with Gasteiger partial charge < -0.3 is 9.64 Å². The van der Waals surface area contributed by atoms with E-state index in [-0.39, 0.29) is 0 Å². The van der Waals surface area contributed by atoms with Gasteiger partial charge in [0.1, 0.15) is 0 Å². The first-order chi connectivity index (χ1) is 4.74. The lowest BCUT2D eigenvalue weighted by molar-refractivity contribution is 0.0664. The van der Waals surface area contributed by atoms with E-state index in [0.717, 1.165) is 19.4 Å². The molecule has 2 heteroatoms. The highest BCUT2D eigenvalue weighted by atomic mass is 16.5. The Labute approximate surface area is 62.5 Å². The van der Waals surface area contributed by atoms with Gasteiger partial charge in [0, 0.05) is 32.8 Å². The highest BCUT2D eigenvalue weighted by Crippen LogP contribution is 2.18. The zero-order chi connectivity index (χ0) is 7.56. The number of rotatable bonds is 1. The number of nitrogens with zero attached hydrogens (tertiary/aromatic N) is 1. The van der Waals surface area contributed by atoms with E-state index in [4.69, 9.17) is 4.74 Å². The minimum absolute atomic E-state index is 0.406. The number of piperidine rings is 1. The van der Waals surface area contributed by atoms with Crippen LogP contribution in [0.4, 0.5) is 0 Å². The Kier molecular flexibility index (Phi) is 2.33. The van der Waals surface area contributed by atoms with Crippen LogP contribution >= 0.6 is 0 Å². The molecule has 58 valence electrons. The van der Waals surface area contributed by atoms with E-state index >= 15 is 0 Å². The Morgan fingerprint density at radius 1 is 1.70 bits per heavy atom. The molecule has 0 N–H and O–H groups in total. The minimum atomic E-state index is 0.406. The summed E-state index contributed by atoms with van der Waals surface area (Å²) in [5.74, 6) is 0. The first kappa shape index (κ1) is 7.61. The summed E-state index contributed by atoms with van der Waals surface area (Å²) in [6, 6.07) is 0. The maximum atomic E-state index is 5.22. The summed E-state index contributed by atoms with van der Waals surface area (Å²) < 4.78 is 5.22. The molecular weight excluding hydrogens is 126 g/mol. The predicted molar refractivity (Wildman–Crippen MR) is 41.8 cm³/mol. The summed E-state index contributed by atoms with van der Waals surface area (Å²) >= 11 is 0. The van der Waals surface area contributed by atoms with Crippen molar-refractivity contribution in [1.29, 1.82) is 0 Å². The zero-order valence-corrected chi connectivity index (χ0v) is 6.76. The van der Waals surface area contributed by atoms with Crippen molar-refractivity contribution in [2.24, 2.45) is 0 Å². The van der Waals surface area contributed by atoms with Gasteiger partial charge in [-0.2, -0.15) is 0 Å². The molecule has 0 saturated carbocycles. The van der Waals surface area contributed by atoms with Crippen molar-refractivity contribution in [2.45, 2.75) is 18.9 Å². The Hall–Kier alpha value is -0.500. The van der Waals surface area contributed by atoms with Crippen molar-refractivity contribution in [1.82, 2.24) is 4.90 Å². The highest BCUT2D eigenvalue weighted by Gasteiger charge is 2.17. The number of methoxy groups -OCH3 is 1. The molecule has 0 spiro atoms. The summed E-state index contributed by atoms with van der Waals surface area (Å²) in [7, 11) is 3.84. The number of hydrogen-bond donors (Lipinski definition) is 0. The van der Waals surface area contributed by atoms with E-state index < -0.39 is 0 Å². The first-order valence-corrected chi connectivity index (χ1v) is 3.65. The van der Waals surface area contributed by atoms with Crippen LogP contribution < -0.4 is 0 Å². The van der Waals surface area contributed by atoms with Gasteiger partial charge in [-0.05, 0) is 6.42 Å². The highest BCUT2D eigenvalue weighted by molar-refractivity contribution is 4.98. The average Bonchev–Trinajstić information content (AvgIpc) is 1.95. The third-order valence-corrected chi connectivity index (χ3v) is 2.12. The number of hydrogen-bond acceptors (Lipinski definition) is 2. The summed E-state index contributed by atoms with van der Waals surface area (Å²) in [5, 5.41) is 0. The molecule has 0 aromatic rings. The van der Waals surface area contributed by atoms with Gasteiger partial charge >= 0.3 is 0 Å². The molecule has 1 aliphatic rings. The Balaban J connectivity index is 2.41. The van der Waals surface area contributed by atoms with Crippen LogP contribution in [0, 0.1) is 0 Å². The molecule has 2 nitrogen and oxygen atoms in total. The van der Waals surface area contributed by atoms with Gasteiger partial charge in [0.15, 0.2) is 0 Å². The van der Waals surface area contributed by atoms with E-state index in [9.17, 15) is 0 Å². The van der Waals surface area contributed by atoms with Crippen LogP contribution in [0.15, 0.2) is 12.3 Å². The minimum Gasteiger partial charge on any atom is -0.381 e. The van der Waals surface area contributed by atoms with Gasteiger partial charge in [0.25, 0.3) is 0 Å². The van der Waals surface area contributed by atoms with Crippen LogP contribution in [-0.2, 0) is 4.74 Å². The summed E-state index contributed by atoms with van der Waals surface area (Å²) in [4.78, 5) is 2.19. The van der Waals surface area contributed by atoms with Crippen molar-refractivity contribution in [3.8, 4) is 0 Å². The fraction of sp³-hybridized carbons (Fsp3) is 0.750. The molecule has 1 atom stereocenters. The molecule has 1 rings (SSSR count). The molecule has 0 aromatic carbocycles. The van der Waals surface area contributed by atoms with E-state index in [1.807, 2.05) is 0 Å². The SMILES string of the molecule is C=C1CC(OC)CCN1C. The van der Waals surface area contributed by atoms with Crippen LogP contribution in [-0.4, -0.2) is 31.7 Å². The lowest BCUT2D eigenvalue weighted by Crippen LogP contribution is -2.31. The van der Waals surface area contributed by atoms with Crippen LogP contribution in [0.2, 0.25) is 0 Å². The summed E-state index contributed by atoms with van der Waals surface area (Å²) in [6.07, 6.45) is 2.53. The smallest absolute Gasteiger partial charge is 0.0642 e. The van der Waals surface area contributed by atoms with Crippen LogP contribution in [0.25, 0.3) is 0 Å². The third-order valence-electron chi connectivity index (χ3n) is 2.12. The maximum absolute atomic E-state index is 5.22. The molecule has 1 aliphatic heterocycles. The quantitative estimate of drug-likeness (QED) is 0.544. The maximum Gasteiger partial charge on any atom is 0.0642 e. The van der Waals surface area contributed by atoms with Gasteiger partial charge in [-0.3, -0.25) is 0 Å². The van der Waals surface area contributed by atoms with Crippen molar-refractivity contribution in [2.75, 3.05) is 20.7 Å². The topological polar surface area (TPSA) is 12.5 Å². The van der Waals surface area contributed by atoms with E-state index in [2.05, 4.69) is 18.5 Å². The molecule has 0 amide bonds. The zero-order valence-electron chi connectivity index (χ0n) is 6.76. The second-order valence-electron chi connectivity index (χ2n) is 2.84. The van der Waals surface area contributed by atoms with Crippen molar-refractivity contribution >= 4 is 0 Å². The van der Waals surface area contributed by atoms with Crippen molar-refractivity contribution < 1.29 is 4.74 Å². The van der Waals surface area contributed by atoms with Gasteiger partial charge in [0.2, 0.25) is 0 Å². The van der Waals surface area contributed by atoms with Gasteiger partial charge in [-0.1, -0.05) is 6.58 Å². The average molecular weight is 141 g/mol. The van der Waals surface area contributed by atoms with Gasteiger partial charge in [-0.15, -0.1) is 0 Å². The standard InChI is InChI=1S/C8H15NO/c1-7-6-8(10-3)4-5-9(7)2/h8H,1,4-6H2,2-3H3. The molecule has 1 fully saturated rings. The lowest BCUT2D eigenvalue weighted by atomic mass is 10.1. The van der Waals surface area contributed by atoms with Crippen LogP contribution in [0.5, 0.6) is 0 Å². The number of ether oxygens (including phenoxy) is 1. The molecule has 1 heterocycles. The Morgan fingerprint density at radius 3 is 2.90 bits per heavy atom. The Morgan fingerprint density at radius 2 is 2.40 bits per heavy atom. The molecular formula is C8H15NO. The van der Waals surface area contributed by atoms with E-state index in [1.165, 1.54) is 5.70 Å². The summed E-state index contributed by atoms with van der Waals surface area (Å²) in [6.45, 7) is 5.02. The van der Waals surface area contributed by atoms with Crippen LogP contribution in [0.3, 0.4) is 0 Å². The molecule has 0 aromatic heterocycles. The second-order valence-corrected chi connectivity index (χ2v) is 2.84. The van der Waals surface area contributed by atoms with E-state index in [0.29, 0.717) is 6.10 Å². The first-order valence-electron chi connectivity index (χ1n) is 3.65. The second kappa shape index (κ2) is 3.06. The number of likely N-dealkylation sites (tertiary alicyclic amines) is 1. The van der Waals surface area contributed by atoms with E-state index in [1.54, 1.807) is 7.11 Å². The van der Waals surface area contributed by atoms with Crippen molar-refractivity contribution in [3.63, 3.8) is 0 Å². The molecule has 0 bridgehead atoms. The molecule has 1 saturated heterocycles. The molecule has 10 heavy (non-hydrogen) atoms. The fourth-order valence-corrected chi connectivity index (χ4v) is 1.22. The third kappa shape index (κ3) is 1.51. The Bertz CT molecular complexity index is 133. The van der Waals surface area contributed by atoms with Gasteiger partial charge in [-0.25, -0.2) is 0 Å². The summed E-state index contributed by atoms with van der Waals surface area (Å²) in [5.41, 5.74) is 1.19.